The Hall–Kier alpha value is -1.37. The number of nitrogens with two attached hydrogens (primary N) is 1. The number of halogens is 2. The van der Waals surface area contributed by atoms with E-state index in [9.17, 15) is 14.9 Å². The summed E-state index contributed by atoms with van der Waals surface area (Å²) in [4.78, 5) is 21.7. The summed E-state index contributed by atoms with van der Waals surface area (Å²) in [6.07, 6.45) is -0.398. The Morgan fingerprint density at radius 1 is 1.53 bits per heavy atom. The SMILES string of the molecule is CC(Cc1c(C(N)=O)cccc1[N+](=O)[O-])OC(Cl)Cl. The van der Waals surface area contributed by atoms with Crippen LogP contribution in [0.15, 0.2) is 18.2 Å². The molecule has 1 rings (SSSR count). The van der Waals surface area contributed by atoms with Crippen molar-refractivity contribution in [1.82, 2.24) is 0 Å². The lowest BCUT2D eigenvalue weighted by atomic mass is 9.99. The van der Waals surface area contributed by atoms with E-state index in [0.717, 1.165) is 0 Å². The molecule has 0 aliphatic carbocycles. The molecular weight excluding hydrogens is 295 g/mol. The van der Waals surface area contributed by atoms with E-state index in [1.807, 2.05) is 0 Å². The fourth-order valence-corrected chi connectivity index (χ4v) is 2.05. The highest BCUT2D eigenvalue weighted by molar-refractivity contribution is 6.43. The summed E-state index contributed by atoms with van der Waals surface area (Å²) in [7, 11) is 0. The lowest BCUT2D eigenvalue weighted by Crippen LogP contribution is -2.20. The van der Waals surface area contributed by atoms with Crippen molar-refractivity contribution in [2.45, 2.75) is 24.5 Å². The summed E-state index contributed by atoms with van der Waals surface area (Å²) in [5.74, 6) is -0.737. The molecule has 1 atom stereocenters. The van der Waals surface area contributed by atoms with E-state index in [2.05, 4.69) is 0 Å². The molecule has 0 spiro atoms. The predicted octanol–water partition coefficient (Wildman–Crippen LogP) is 2.40. The summed E-state index contributed by atoms with van der Waals surface area (Å²) in [5, 5.41) is 9.91. The molecule has 19 heavy (non-hydrogen) atoms. The second-order valence-electron chi connectivity index (χ2n) is 3.84. The number of nitrogens with zero attached hydrogens (tertiary/aromatic N) is 1. The number of carbonyl (C=O) groups excluding carboxylic acids is 1. The number of rotatable bonds is 6. The number of primary amides is 1. The number of ether oxygens (including phenoxy) is 1. The summed E-state index contributed by atoms with van der Waals surface area (Å²) >= 11 is 10.9. The molecule has 0 radical (unpaired) electrons. The highest BCUT2D eigenvalue weighted by Crippen LogP contribution is 2.25. The fourth-order valence-electron chi connectivity index (χ4n) is 1.70. The van der Waals surface area contributed by atoms with E-state index < -0.39 is 22.0 Å². The van der Waals surface area contributed by atoms with Crippen LogP contribution >= 0.6 is 23.2 Å². The zero-order valence-corrected chi connectivity index (χ0v) is 11.5. The third-order valence-electron chi connectivity index (χ3n) is 2.44. The van der Waals surface area contributed by atoms with Gasteiger partial charge in [-0.05, 0) is 13.0 Å². The molecule has 1 unspecified atom stereocenters. The van der Waals surface area contributed by atoms with Crippen LogP contribution in [0, 0.1) is 10.1 Å². The Morgan fingerprint density at radius 3 is 2.63 bits per heavy atom. The largest absolute Gasteiger partial charge is 0.366 e. The van der Waals surface area contributed by atoms with Crippen molar-refractivity contribution >= 4 is 34.8 Å². The van der Waals surface area contributed by atoms with Crippen molar-refractivity contribution in [3.8, 4) is 0 Å². The van der Waals surface area contributed by atoms with Crippen LogP contribution < -0.4 is 5.73 Å². The smallest absolute Gasteiger partial charge is 0.273 e. The third kappa shape index (κ3) is 4.34. The molecule has 0 aliphatic rings. The molecule has 0 saturated heterocycles. The van der Waals surface area contributed by atoms with Gasteiger partial charge in [-0.2, -0.15) is 0 Å². The van der Waals surface area contributed by atoms with Gasteiger partial charge in [0.1, 0.15) is 0 Å². The number of nitro groups is 1. The van der Waals surface area contributed by atoms with Crippen LogP contribution in [-0.2, 0) is 11.2 Å². The van der Waals surface area contributed by atoms with Crippen LogP contribution in [-0.4, -0.2) is 22.0 Å². The molecule has 0 fully saturated rings. The Morgan fingerprint density at radius 2 is 2.16 bits per heavy atom. The number of hydrogen-bond donors (Lipinski definition) is 1. The van der Waals surface area contributed by atoms with Crippen LogP contribution in [0.25, 0.3) is 0 Å². The van der Waals surface area contributed by atoms with Gasteiger partial charge in [0.15, 0.2) is 0 Å². The molecule has 0 aromatic heterocycles. The molecule has 0 saturated carbocycles. The van der Waals surface area contributed by atoms with E-state index in [1.165, 1.54) is 18.2 Å². The minimum Gasteiger partial charge on any atom is -0.366 e. The van der Waals surface area contributed by atoms with E-state index in [0.29, 0.717) is 0 Å². The van der Waals surface area contributed by atoms with Crippen molar-refractivity contribution in [3.05, 3.63) is 39.4 Å². The molecule has 0 aliphatic heterocycles. The predicted molar refractivity (Wildman–Crippen MR) is 71.4 cm³/mol. The Kier molecular flexibility index (Phi) is 5.53. The highest BCUT2D eigenvalue weighted by atomic mass is 35.5. The van der Waals surface area contributed by atoms with Crippen LogP contribution in [0.4, 0.5) is 5.69 Å². The van der Waals surface area contributed by atoms with Gasteiger partial charge in [-0.25, -0.2) is 0 Å². The number of benzene rings is 1. The number of hydrogen-bond acceptors (Lipinski definition) is 4. The molecular formula is C11H12Cl2N2O4. The van der Waals surface area contributed by atoms with Crippen LogP contribution in [0.2, 0.25) is 0 Å². The first-order chi connectivity index (χ1) is 8.82. The maximum atomic E-state index is 11.3. The van der Waals surface area contributed by atoms with Gasteiger partial charge in [-0.1, -0.05) is 29.3 Å². The standard InChI is InChI=1S/C11H12Cl2N2O4/c1-6(19-11(12)13)5-8-7(10(14)16)3-2-4-9(8)15(17)18/h2-4,6,11H,5H2,1H3,(H2,14,16). The zero-order chi connectivity index (χ0) is 14.6. The van der Waals surface area contributed by atoms with Gasteiger partial charge < -0.3 is 10.5 Å². The third-order valence-corrected chi connectivity index (χ3v) is 2.65. The first-order valence-corrected chi connectivity index (χ1v) is 6.20. The number of nitro benzene ring substituents is 1. The van der Waals surface area contributed by atoms with Gasteiger partial charge in [0.05, 0.1) is 11.0 Å². The average Bonchev–Trinajstić information content (AvgIpc) is 2.27. The lowest BCUT2D eigenvalue weighted by molar-refractivity contribution is -0.385. The summed E-state index contributed by atoms with van der Waals surface area (Å²) < 4.78 is 5.08. The van der Waals surface area contributed by atoms with Crippen molar-refractivity contribution in [1.29, 1.82) is 0 Å². The van der Waals surface area contributed by atoms with Crippen molar-refractivity contribution in [2.24, 2.45) is 5.73 Å². The molecule has 1 aromatic carbocycles. The first-order valence-electron chi connectivity index (χ1n) is 5.32. The van der Waals surface area contributed by atoms with Gasteiger partial charge in [-0.15, -0.1) is 0 Å². The average molecular weight is 307 g/mol. The van der Waals surface area contributed by atoms with Crippen LogP contribution in [0.5, 0.6) is 0 Å². The van der Waals surface area contributed by atoms with Crippen molar-refractivity contribution in [2.75, 3.05) is 0 Å². The number of carbonyl (C=O) groups is 1. The summed E-state index contributed by atoms with van der Waals surface area (Å²) in [5.41, 5.74) is 5.32. The Balaban J connectivity index is 3.14. The minimum atomic E-state index is -1.05. The maximum absolute atomic E-state index is 11.3. The van der Waals surface area contributed by atoms with Crippen LogP contribution in [0.3, 0.4) is 0 Å². The molecule has 0 bridgehead atoms. The maximum Gasteiger partial charge on any atom is 0.273 e. The monoisotopic (exact) mass is 306 g/mol. The Bertz CT molecular complexity index is 461. The summed E-state index contributed by atoms with van der Waals surface area (Å²) in [6, 6.07) is 4.13. The van der Waals surface area contributed by atoms with E-state index >= 15 is 0 Å². The normalized spacial score (nSPS) is 12.4. The van der Waals surface area contributed by atoms with E-state index in [-0.39, 0.29) is 23.2 Å². The molecule has 104 valence electrons. The molecule has 8 heteroatoms. The van der Waals surface area contributed by atoms with E-state index in [1.54, 1.807) is 6.92 Å². The molecule has 2 N–H and O–H groups in total. The molecule has 0 heterocycles. The molecule has 1 aromatic rings. The lowest BCUT2D eigenvalue weighted by Gasteiger charge is -2.15. The molecule has 1 amide bonds. The molecule has 6 nitrogen and oxygen atoms in total. The van der Waals surface area contributed by atoms with Crippen molar-refractivity contribution < 1.29 is 14.5 Å². The van der Waals surface area contributed by atoms with Crippen molar-refractivity contribution in [3.63, 3.8) is 0 Å². The Labute approximate surface area is 119 Å². The summed E-state index contributed by atoms with van der Waals surface area (Å²) in [6.45, 7) is 1.64. The second-order valence-corrected chi connectivity index (χ2v) is 4.85. The minimum absolute atomic E-state index is 0.0883. The van der Waals surface area contributed by atoms with Gasteiger partial charge in [0.2, 0.25) is 10.9 Å². The first kappa shape index (κ1) is 15.7. The number of amides is 1. The number of alkyl halides is 2. The van der Waals surface area contributed by atoms with Crippen LogP contribution in [0.1, 0.15) is 22.8 Å². The quantitative estimate of drug-likeness (QED) is 0.496. The fraction of sp³-hybridized carbons (Fsp3) is 0.364. The second kappa shape index (κ2) is 6.70. The van der Waals surface area contributed by atoms with E-state index in [4.69, 9.17) is 33.7 Å². The topological polar surface area (TPSA) is 95.5 Å². The van der Waals surface area contributed by atoms with Gasteiger partial charge in [0.25, 0.3) is 5.69 Å². The zero-order valence-electron chi connectivity index (χ0n) is 10.0. The van der Waals surface area contributed by atoms with Gasteiger partial charge >= 0.3 is 0 Å². The van der Waals surface area contributed by atoms with Gasteiger partial charge in [0, 0.05) is 23.6 Å². The highest BCUT2D eigenvalue weighted by Gasteiger charge is 2.22. The van der Waals surface area contributed by atoms with Gasteiger partial charge in [-0.3, -0.25) is 14.9 Å².